The number of carbonyl (C=O) groups is 2. The number of ketones is 1. The lowest BCUT2D eigenvalue weighted by Gasteiger charge is -2.00. The molecule has 10 heteroatoms. The number of rotatable bonds is 12. The van der Waals surface area contributed by atoms with E-state index in [1.807, 2.05) is 30.3 Å². The molecule has 8 nitrogen and oxygen atoms in total. The van der Waals surface area contributed by atoms with Crippen molar-refractivity contribution in [1.82, 2.24) is 20.4 Å². The van der Waals surface area contributed by atoms with Crippen LogP contribution < -0.4 is 5.32 Å². The van der Waals surface area contributed by atoms with E-state index in [0.717, 1.165) is 51.8 Å². The van der Waals surface area contributed by atoms with Crippen LogP contribution in [-0.4, -0.2) is 37.2 Å². The molecule has 0 radical (unpaired) electrons. The Labute approximate surface area is 211 Å². The zero-order valence-electron chi connectivity index (χ0n) is 19.0. The Kier molecular flexibility index (Phi) is 8.63. The predicted octanol–water partition coefficient (Wildman–Crippen LogP) is 4.20. The third-order valence-corrected chi connectivity index (χ3v) is 7.03. The number of carbonyl (C=O) groups excluding carboxylic acids is 2. The third-order valence-electron chi connectivity index (χ3n) is 5.15. The van der Waals surface area contributed by atoms with Crippen molar-refractivity contribution in [3.8, 4) is 5.75 Å². The van der Waals surface area contributed by atoms with Crippen LogP contribution in [0.15, 0.2) is 54.6 Å². The molecule has 2 aromatic heterocycles. The lowest BCUT2D eigenvalue weighted by molar-refractivity contribution is -0.118. The van der Waals surface area contributed by atoms with Gasteiger partial charge in [-0.15, -0.1) is 31.7 Å². The fourth-order valence-corrected chi connectivity index (χ4v) is 5.15. The van der Waals surface area contributed by atoms with E-state index >= 15 is 0 Å². The predicted molar refractivity (Wildman–Crippen MR) is 136 cm³/mol. The monoisotopic (exact) mass is 507 g/mol. The number of aromatic nitrogens is 4. The summed E-state index contributed by atoms with van der Waals surface area (Å²) in [5.41, 5.74) is 1.82. The van der Waals surface area contributed by atoms with Gasteiger partial charge in [-0.2, -0.15) is 0 Å². The maximum atomic E-state index is 12.3. The highest BCUT2D eigenvalue weighted by Gasteiger charge is 2.12. The fraction of sp³-hybridized carbons (Fsp3) is 0.280. The summed E-state index contributed by atoms with van der Waals surface area (Å²) >= 11 is 2.88. The maximum absolute atomic E-state index is 12.3. The van der Waals surface area contributed by atoms with Gasteiger partial charge in [0.25, 0.3) is 0 Å². The molecule has 0 unspecified atom stereocenters. The molecule has 0 saturated carbocycles. The number of nitrogens with zero attached hydrogens (tertiary/aromatic N) is 4. The molecule has 0 fully saturated rings. The average Bonchev–Trinajstić information content (AvgIpc) is 3.48. The highest BCUT2D eigenvalue weighted by atomic mass is 32.1. The van der Waals surface area contributed by atoms with Crippen molar-refractivity contribution in [2.75, 3.05) is 5.32 Å². The minimum atomic E-state index is -0.104. The van der Waals surface area contributed by atoms with E-state index in [-0.39, 0.29) is 23.9 Å². The molecular formula is C25H25N5O3S2. The van der Waals surface area contributed by atoms with Gasteiger partial charge in [-0.25, -0.2) is 0 Å². The normalized spacial score (nSPS) is 10.9. The number of phenols is 1. The first-order valence-electron chi connectivity index (χ1n) is 11.3. The number of anilines is 1. The molecule has 1 amide bonds. The first-order valence-corrected chi connectivity index (χ1v) is 12.9. The molecule has 4 rings (SSSR count). The van der Waals surface area contributed by atoms with E-state index < -0.39 is 0 Å². The number of nitrogens with one attached hydrogen (secondary N) is 1. The number of hydrogen-bond acceptors (Lipinski definition) is 9. The van der Waals surface area contributed by atoms with Crippen LogP contribution in [-0.2, 0) is 41.7 Å². The van der Waals surface area contributed by atoms with Gasteiger partial charge < -0.3 is 10.4 Å². The molecule has 2 heterocycles. The molecule has 0 bridgehead atoms. The summed E-state index contributed by atoms with van der Waals surface area (Å²) in [7, 11) is 0. The molecule has 0 saturated heterocycles. The van der Waals surface area contributed by atoms with Gasteiger partial charge in [0.1, 0.15) is 26.6 Å². The topological polar surface area (TPSA) is 118 Å². The Morgan fingerprint density at radius 1 is 0.714 bits per heavy atom. The third kappa shape index (κ3) is 8.04. The van der Waals surface area contributed by atoms with Crippen LogP contribution in [0.25, 0.3) is 0 Å². The number of Topliss-reactive ketones (excluding diaryl/α,β-unsaturated/α-hetero) is 1. The molecule has 180 valence electrons. The first-order chi connectivity index (χ1) is 17.0. The Balaban J connectivity index is 1.15. The Hall–Kier alpha value is -3.50. The van der Waals surface area contributed by atoms with Gasteiger partial charge in [-0.1, -0.05) is 53.8 Å². The zero-order chi connectivity index (χ0) is 24.5. The van der Waals surface area contributed by atoms with E-state index in [1.54, 1.807) is 24.3 Å². The molecule has 0 atom stereocenters. The molecule has 0 aliphatic heterocycles. The Morgan fingerprint density at radius 3 is 2.09 bits per heavy atom. The second kappa shape index (κ2) is 12.3. The molecule has 2 N–H and O–H groups in total. The molecule has 0 spiro atoms. The number of phenolic OH excluding ortho intramolecular Hbond substituents is 1. The van der Waals surface area contributed by atoms with Gasteiger partial charge in [-0.05, 0) is 36.1 Å². The van der Waals surface area contributed by atoms with E-state index in [2.05, 4.69) is 25.7 Å². The maximum Gasteiger partial charge on any atom is 0.230 e. The molecule has 0 aliphatic carbocycles. The molecule has 35 heavy (non-hydrogen) atoms. The fourth-order valence-electron chi connectivity index (χ4n) is 3.44. The summed E-state index contributed by atoms with van der Waals surface area (Å²) in [4.78, 5) is 24.5. The summed E-state index contributed by atoms with van der Waals surface area (Å²) < 4.78 is 0. The average molecular weight is 508 g/mol. The molecular weight excluding hydrogens is 482 g/mol. The van der Waals surface area contributed by atoms with Crippen molar-refractivity contribution in [3.05, 3.63) is 80.7 Å². The van der Waals surface area contributed by atoms with Crippen molar-refractivity contribution in [1.29, 1.82) is 0 Å². The van der Waals surface area contributed by atoms with Crippen molar-refractivity contribution < 1.29 is 14.7 Å². The van der Waals surface area contributed by atoms with Gasteiger partial charge in [0.2, 0.25) is 11.0 Å². The smallest absolute Gasteiger partial charge is 0.230 e. The lowest BCUT2D eigenvalue weighted by atomic mass is 10.1. The summed E-state index contributed by atoms with van der Waals surface area (Å²) in [5.74, 6) is 0.154. The standard InChI is InChI=1S/C25H25N5O3S2/c31-19-12-10-18(11-13-19)14-20(32)16-24-29-27-22(34-24)8-4-5-9-23-28-30-25(35-23)26-21(33)15-17-6-2-1-3-7-17/h1-3,6-7,10-13,31H,4-5,8-9,14-16H2,(H,26,30,33). The lowest BCUT2D eigenvalue weighted by Crippen LogP contribution is -2.14. The van der Waals surface area contributed by atoms with Crippen molar-refractivity contribution in [2.24, 2.45) is 0 Å². The summed E-state index contributed by atoms with van der Waals surface area (Å²) in [6.45, 7) is 0. The van der Waals surface area contributed by atoms with Crippen LogP contribution in [0, 0.1) is 0 Å². The van der Waals surface area contributed by atoms with Crippen molar-refractivity contribution in [3.63, 3.8) is 0 Å². The number of unbranched alkanes of at least 4 members (excludes halogenated alkanes) is 1. The van der Waals surface area contributed by atoms with Gasteiger partial charge in [-0.3, -0.25) is 9.59 Å². The number of aryl methyl sites for hydroxylation is 2. The van der Waals surface area contributed by atoms with E-state index in [4.69, 9.17) is 0 Å². The van der Waals surface area contributed by atoms with Crippen LogP contribution in [0.4, 0.5) is 5.13 Å². The van der Waals surface area contributed by atoms with Gasteiger partial charge >= 0.3 is 0 Å². The number of aromatic hydroxyl groups is 1. The highest BCUT2D eigenvalue weighted by molar-refractivity contribution is 7.15. The largest absolute Gasteiger partial charge is 0.508 e. The molecule has 2 aromatic carbocycles. The summed E-state index contributed by atoms with van der Waals surface area (Å²) in [5, 5.41) is 31.8. The minimum absolute atomic E-state index is 0.0707. The van der Waals surface area contributed by atoms with Crippen molar-refractivity contribution in [2.45, 2.75) is 44.9 Å². The van der Waals surface area contributed by atoms with Crippen LogP contribution in [0.5, 0.6) is 5.75 Å². The Bertz CT molecular complexity index is 1260. The van der Waals surface area contributed by atoms with E-state index in [1.165, 1.54) is 22.7 Å². The van der Waals surface area contributed by atoms with Crippen molar-refractivity contribution >= 4 is 39.5 Å². The first kappa shape index (κ1) is 24.6. The Morgan fingerprint density at radius 2 is 1.34 bits per heavy atom. The number of amides is 1. The van der Waals surface area contributed by atoms with Gasteiger partial charge in [0, 0.05) is 19.3 Å². The van der Waals surface area contributed by atoms with Gasteiger partial charge in [0.05, 0.1) is 12.8 Å². The zero-order valence-corrected chi connectivity index (χ0v) is 20.6. The summed E-state index contributed by atoms with van der Waals surface area (Å²) in [6.07, 6.45) is 4.30. The minimum Gasteiger partial charge on any atom is -0.508 e. The van der Waals surface area contributed by atoms with Gasteiger partial charge in [0.15, 0.2) is 0 Å². The van der Waals surface area contributed by atoms with E-state index in [9.17, 15) is 14.7 Å². The van der Waals surface area contributed by atoms with Crippen LogP contribution in [0.3, 0.4) is 0 Å². The van der Waals surface area contributed by atoms with E-state index in [0.29, 0.717) is 18.0 Å². The highest BCUT2D eigenvalue weighted by Crippen LogP contribution is 2.19. The van der Waals surface area contributed by atoms with Crippen LogP contribution in [0.2, 0.25) is 0 Å². The van der Waals surface area contributed by atoms with Crippen LogP contribution >= 0.6 is 22.7 Å². The molecule has 0 aliphatic rings. The summed E-state index contributed by atoms with van der Waals surface area (Å²) in [6, 6.07) is 16.2. The second-order valence-electron chi connectivity index (χ2n) is 8.07. The SMILES string of the molecule is O=C(Cc1ccc(O)cc1)Cc1nnc(CCCCc2nnc(NC(=O)Cc3ccccc3)s2)s1. The number of hydrogen-bond donors (Lipinski definition) is 2. The van der Waals surface area contributed by atoms with Crippen LogP contribution in [0.1, 0.15) is 39.0 Å². The quantitative estimate of drug-likeness (QED) is 0.276. The number of benzene rings is 2. The molecule has 4 aromatic rings. The second-order valence-corrected chi connectivity index (χ2v) is 10.3.